The molecule has 7 heteroatoms. The molecule has 0 bridgehead atoms. The molecule has 29 heavy (non-hydrogen) atoms. The standard InChI is InChI=1S/C22H27BrN4O2/c23-19-4-1-3-18(15-19)22(7-13-29-14-8-22)16-26-20(28)17-5-11-27(12-6-17)21-24-9-2-10-25-21/h1-4,9-10,15,17H,5-8,11-14,16H2,(H,26,28). The highest BCUT2D eigenvalue weighted by atomic mass is 79.9. The van der Waals surface area contributed by atoms with Crippen LogP contribution in [0.15, 0.2) is 47.2 Å². The second kappa shape index (κ2) is 9.22. The lowest BCUT2D eigenvalue weighted by Gasteiger charge is -2.39. The Labute approximate surface area is 180 Å². The van der Waals surface area contributed by atoms with Crippen LogP contribution in [0.3, 0.4) is 0 Å². The highest BCUT2D eigenvalue weighted by Gasteiger charge is 2.36. The van der Waals surface area contributed by atoms with E-state index in [-0.39, 0.29) is 17.2 Å². The predicted octanol–water partition coefficient (Wildman–Crippen LogP) is 3.32. The number of hydrogen-bond donors (Lipinski definition) is 1. The second-order valence-corrected chi connectivity index (χ2v) is 8.85. The van der Waals surface area contributed by atoms with Gasteiger partial charge in [-0.1, -0.05) is 28.1 Å². The number of anilines is 1. The third-order valence-electron chi connectivity index (χ3n) is 6.19. The van der Waals surface area contributed by atoms with Gasteiger partial charge in [-0.2, -0.15) is 0 Å². The van der Waals surface area contributed by atoms with Crippen LogP contribution in [0.2, 0.25) is 0 Å². The topological polar surface area (TPSA) is 67.3 Å². The van der Waals surface area contributed by atoms with E-state index < -0.39 is 0 Å². The van der Waals surface area contributed by atoms with E-state index >= 15 is 0 Å². The number of rotatable bonds is 5. The molecule has 0 saturated carbocycles. The van der Waals surface area contributed by atoms with Crippen molar-refractivity contribution in [1.82, 2.24) is 15.3 Å². The molecule has 154 valence electrons. The summed E-state index contributed by atoms with van der Waals surface area (Å²) in [5, 5.41) is 3.28. The van der Waals surface area contributed by atoms with E-state index in [1.807, 2.05) is 12.1 Å². The maximum absolute atomic E-state index is 12.9. The summed E-state index contributed by atoms with van der Waals surface area (Å²) in [5.74, 6) is 0.969. The van der Waals surface area contributed by atoms with Crippen LogP contribution in [0.4, 0.5) is 5.95 Å². The van der Waals surface area contributed by atoms with E-state index in [1.54, 1.807) is 12.4 Å². The fourth-order valence-corrected chi connectivity index (χ4v) is 4.74. The molecular formula is C22H27BrN4O2. The summed E-state index contributed by atoms with van der Waals surface area (Å²) in [6, 6.07) is 10.3. The molecule has 1 N–H and O–H groups in total. The third kappa shape index (κ3) is 4.78. The quantitative estimate of drug-likeness (QED) is 0.743. The average molecular weight is 459 g/mol. The number of aromatic nitrogens is 2. The van der Waals surface area contributed by atoms with E-state index in [0.29, 0.717) is 6.54 Å². The van der Waals surface area contributed by atoms with E-state index in [9.17, 15) is 4.79 Å². The molecule has 4 rings (SSSR count). The van der Waals surface area contributed by atoms with Crippen molar-refractivity contribution in [3.63, 3.8) is 0 Å². The highest BCUT2D eigenvalue weighted by Crippen LogP contribution is 2.35. The number of hydrogen-bond acceptors (Lipinski definition) is 5. The first-order valence-electron chi connectivity index (χ1n) is 10.3. The van der Waals surface area contributed by atoms with Crippen molar-refractivity contribution in [1.29, 1.82) is 0 Å². The van der Waals surface area contributed by atoms with Crippen LogP contribution in [0.1, 0.15) is 31.2 Å². The Morgan fingerprint density at radius 3 is 2.59 bits per heavy atom. The molecule has 0 atom stereocenters. The van der Waals surface area contributed by atoms with Gasteiger partial charge in [0.15, 0.2) is 0 Å². The number of carbonyl (C=O) groups excluding carboxylic acids is 1. The minimum atomic E-state index is -0.0593. The van der Waals surface area contributed by atoms with Gasteiger partial charge in [-0.3, -0.25) is 4.79 Å². The van der Waals surface area contributed by atoms with Crippen LogP contribution >= 0.6 is 15.9 Å². The summed E-state index contributed by atoms with van der Waals surface area (Å²) < 4.78 is 6.68. The van der Waals surface area contributed by atoms with Crippen LogP contribution in [-0.4, -0.2) is 48.7 Å². The SMILES string of the molecule is O=C(NCC1(c2cccc(Br)c2)CCOCC1)C1CCN(c2ncccn2)CC1. The van der Waals surface area contributed by atoms with Crippen molar-refractivity contribution < 1.29 is 9.53 Å². The van der Waals surface area contributed by atoms with Crippen LogP contribution in [-0.2, 0) is 14.9 Å². The number of nitrogens with zero attached hydrogens (tertiary/aromatic N) is 3. The normalized spacial score (nSPS) is 19.7. The first-order chi connectivity index (χ1) is 14.2. The van der Waals surface area contributed by atoms with E-state index in [4.69, 9.17) is 4.74 Å². The Morgan fingerprint density at radius 1 is 1.17 bits per heavy atom. The van der Waals surface area contributed by atoms with Crippen molar-refractivity contribution in [2.75, 3.05) is 37.7 Å². The number of carbonyl (C=O) groups is 1. The number of amides is 1. The summed E-state index contributed by atoms with van der Waals surface area (Å²) >= 11 is 3.59. The molecule has 1 aromatic heterocycles. The van der Waals surface area contributed by atoms with Crippen molar-refractivity contribution in [2.24, 2.45) is 5.92 Å². The number of nitrogens with one attached hydrogen (secondary N) is 1. The Morgan fingerprint density at radius 2 is 1.90 bits per heavy atom. The maximum Gasteiger partial charge on any atom is 0.225 e. The van der Waals surface area contributed by atoms with E-state index in [0.717, 1.165) is 62.4 Å². The Bertz CT molecular complexity index is 819. The molecule has 2 aromatic rings. The minimum absolute atomic E-state index is 0.0503. The number of piperidine rings is 1. The molecule has 1 amide bonds. The number of benzene rings is 1. The molecule has 0 unspecified atom stereocenters. The zero-order valence-electron chi connectivity index (χ0n) is 16.5. The fourth-order valence-electron chi connectivity index (χ4n) is 4.34. The molecule has 0 radical (unpaired) electrons. The van der Waals surface area contributed by atoms with Crippen molar-refractivity contribution >= 4 is 27.8 Å². The van der Waals surface area contributed by atoms with E-state index in [2.05, 4.69) is 54.3 Å². The molecule has 2 fully saturated rings. The summed E-state index contributed by atoms with van der Waals surface area (Å²) in [6.45, 7) is 3.75. The Kier molecular flexibility index (Phi) is 6.45. The van der Waals surface area contributed by atoms with Gasteiger partial charge in [0.05, 0.1) is 0 Å². The first kappa shape index (κ1) is 20.3. The van der Waals surface area contributed by atoms with Gasteiger partial charge in [-0.25, -0.2) is 9.97 Å². The highest BCUT2D eigenvalue weighted by molar-refractivity contribution is 9.10. The van der Waals surface area contributed by atoms with Gasteiger partial charge in [0, 0.05) is 61.0 Å². The largest absolute Gasteiger partial charge is 0.381 e. The lowest BCUT2D eigenvalue weighted by atomic mass is 9.74. The molecule has 0 aliphatic carbocycles. The van der Waals surface area contributed by atoms with Gasteiger partial charge in [-0.15, -0.1) is 0 Å². The Hall–Kier alpha value is -1.99. The van der Waals surface area contributed by atoms with Gasteiger partial charge >= 0.3 is 0 Å². The second-order valence-electron chi connectivity index (χ2n) is 7.93. The van der Waals surface area contributed by atoms with E-state index in [1.165, 1.54) is 5.56 Å². The zero-order valence-corrected chi connectivity index (χ0v) is 18.1. The Balaban J connectivity index is 1.36. The number of ether oxygens (including phenoxy) is 1. The van der Waals surface area contributed by atoms with Crippen LogP contribution in [0.25, 0.3) is 0 Å². The first-order valence-corrected chi connectivity index (χ1v) is 11.1. The molecule has 2 saturated heterocycles. The van der Waals surface area contributed by atoms with Gasteiger partial charge < -0.3 is 15.0 Å². The molecule has 1 aromatic carbocycles. The molecular weight excluding hydrogens is 432 g/mol. The fraction of sp³-hybridized carbons (Fsp3) is 0.500. The van der Waals surface area contributed by atoms with Crippen molar-refractivity contribution in [3.05, 3.63) is 52.8 Å². The van der Waals surface area contributed by atoms with Gasteiger partial charge in [0.1, 0.15) is 0 Å². The molecule has 6 nitrogen and oxygen atoms in total. The summed E-state index contributed by atoms with van der Waals surface area (Å²) in [6.07, 6.45) is 7.03. The maximum atomic E-state index is 12.9. The van der Waals surface area contributed by atoms with Gasteiger partial charge in [0.2, 0.25) is 11.9 Å². The summed E-state index contributed by atoms with van der Waals surface area (Å²) in [5.41, 5.74) is 1.21. The van der Waals surface area contributed by atoms with Crippen LogP contribution in [0.5, 0.6) is 0 Å². The van der Waals surface area contributed by atoms with Gasteiger partial charge in [0.25, 0.3) is 0 Å². The average Bonchev–Trinajstić information content (AvgIpc) is 2.79. The summed E-state index contributed by atoms with van der Waals surface area (Å²) in [7, 11) is 0. The molecule has 2 aliphatic heterocycles. The third-order valence-corrected chi connectivity index (χ3v) is 6.68. The van der Waals surface area contributed by atoms with Crippen molar-refractivity contribution in [2.45, 2.75) is 31.1 Å². The summed E-state index contributed by atoms with van der Waals surface area (Å²) in [4.78, 5) is 23.7. The molecule has 2 aliphatic rings. The lowest BCUT2D eigenvalue weighted by Crippen LogP contribution is -2.47. The minimum Gasteiger partial charge on any atom is -0.381 e. The zero-order chi connectivity index (χ0) is 20.1. The molecule has 0 spiro atoms. The molecule has 3 heterocycles. The number of halogens is 1. The smallest absolute Gasteiger partial charge is 0.225 e. The van der Waals surface area contributed by atoms with Crippen LogP contribution < -0.4 is 10.2 Å². The lowest BCUT2D eigenvalue weighted by molar-refractivity contribution is -0.126. The predicted molar refractivity (Wildman–Crippen MR) is 116 cm³/mol. The van der Waals surface area contributed by atoms with Crippen LogP contribution in [0, 0.1) is 5.92 Å². The monoisotopic (exact) mass is 458 g/mol. The van der Waals surface area contributed by atoms with Crippen molar-refractivity contribution in [3.8, 4) is 0 Å². The van der Waals surface area contributed by atoms with Gasteiger partial charge in [-0.05, 0) is 49.4 Å².